The van der Waals surface area contributed by atoms with Crippen molar-refractivity contribution in [3.05, 3.63) is 80.8 Å². The summed E-state index contributed by atoms with van der Waals surface area (Å²) in [5.74, 6) is 0.388. The van der Waals surface area contributed by atoms with Gasteiger partial charge in [0, 0.05) is 20.3 Å². The minimum Gasteiger partial charge on any atom is -0.504 e. The highest BCUT2D eigenvalue weighted by Gasteiger charge is 2.31. The Kier molecular flexibility index (Phi) is 3.79. The molecule has 0 saturated carbocycles. The van der Waals surface area contributed by atoms with Crippen molar-refractivity contribution in [1.82, 2.24) is 13.7 Å². The van der Waals surface area contributed by atoms with E-state index in [-0.39, 0.29) is 23.0 Å². The lowest BCUT2D eigenvalue weighted by molar-refractivity contribution is 0.373. The molecular formula is C22H20N4O4. The molecule has 2 N–H and O–H groups in total. The average molecular weight is 404 g/mol. The number of nitrogens with zero attached hydrogens (tertiary/aromatic N) is 3. The Labute approximate surface area is 171 Å². The molecule has 1 aliphatic heterocycles. The monoisotopic (exact) mass is 404 g/mol. The van der Waals surface area contributed by atoms with Crippen LogP contribution in [0.5, 0.6) is 11.5 Å². The normalized spacial score (nSPS) is 14.8. The summed E-state index contributed by atoms with van der Waals surface area (Å²) in [6.45, 7) is 0. The van der Waals surface area contributed by atoms with E-state index in [9.17, 15) is 14.7 Å². The first-order chi connectivity index (χ1) is 14.4. The Bertz CT molecular complexity index is 1440. The highest BCUT2D eigenvalue weighted by molar-refractivity contribution is 5.86. The van der Waals surface area contributed by atoms with Crippen LogP contribution in [-0.2, 0) is 14.1 Å². The Balaban J connectivity index is 1.90. The van der Waals surface area contributed by atoms with E-state index in [1.807, 2.05) is 28.8 Å². The number of aromatic hydroxyl groups is 1. The van der Waals surface area contributed by atoms with Gasteiger partial charge in [-0.1, -0.05) is 18.2 Å². The van der Waals surface area contributed by atoms with Gasteiger partial charge in [0.15, 0.2) is 11.5 Å². The van der Waals surface area contributed by atoms with Gasteiger partial charge in [-0.3, -0.25) is 13.9 Å². The van der Waals surface area contributed by atoms with Crippen LogP contribution in [0.1, 0.15) is 17.3 Å². The zero-order chi connectivity index (χ0) is 21.2. The van der Waals surface area contributed by atoms with E-state index in [0.29, 0.717) is 16.7 Å². The predicted octanol–water partition coefficient (Wildman–Crippen LogP) is 2.26. The number of aromatic nitrogens is 3. The fraction of sp³-hybridized carbons (Fsp3) is 0.182. The Morgan fingerprint density at radius 2 is 1.83 bits per heavy atom. The minimum atomic E-state index is -0.387. The standard InChI is InChI=1S/C22H20N4O4/c1-24-19-13(21(28)25(2)22(24)29)11-26-15-7-5-4-6-14(15)23-18(20(19)26)12-8-9-16(27)17(10-12)30-3/h4-11,18,23,27H,1-3H3. The number of fused-ring (bicyclic) bond motifs is 5. The number of rotatable bonds is 2. The first-order valence-corrected chi connectivity index (χ1v) is 9.46. The van der Waals surface area contributed by atoms with Crippen LogP contribution in [0, 0.1) is 0 Å². The van der Waals surface area contributed by atoms with Crippen molar-refractivity contribution >= 4 is 16.6 Å². The zero-order valence-electron chi connectivity index (χ0n) is 16.7. The molecule has 0 saturated heterocycles. The maximum absolute atomic E-state index is 12.9. The minimum absolute atomic E-state index is 0.0407. The molecule has 8 heteroatoms. The van der Waals surface area contributed by atoms with Crippen molar-refractivity contribution in [2.45, 2.75) is 6.04 Å². The largest absolute Gasteiger partial charge is 0.504 e. The van der Waals surface area contributed by atoms with Crippen molar-refractivity contribution in [1.29, 1.82) is 0 Å². The molecule has 0 amide bonds. The topological polar surface area (TPSA) is 90.4 Å². The third kappa shape index (κ3) is 2.33. The fourth-order valence-corrected chi connectivity index (χ4v) is 4.23. The van der Waals surface area contributed by atoms with Gasteiger partial charge in [-0.15, -0.1) is 0 Å². The fourth-order valence-electron chi connectivity index (χ4n) is 4.23. The third-order valence-electron chi connectivity index (χ3n) is 5.73. The smallest absolute Gasteiger partial charge is 0.331 e. The molecule has 0 radical (unpaired) electrons. The molecule has 1 atom stereocenters. The van der Waals surface area contributed by atoms with Crippen LogP contribution < -0.4 is 21.3 Å². The van der Waals surface area contributed by atoms with Gasteiger partial charge in [-0.2, -0.15) is 0 Å². The van der Waals surface area contributed by atoms with Crippen LogP contribution in [0.4, 0.5) is 5.69 Å². The molecule has 3 heterocycles. The maximum atomic E-state index is 12.9. The Morgan fingerprint density at radius 1 is 1.07 bits per heavy atom. The van der Waals surface area contributed by atoms with E-state index in [4.69, 9.17) is 4.74 Å². The number of ether oxygens (including phenoxy) is 1. The van der Waals surface area contributed by atoms with E-state index < -0.39 is 0 Å². The number of para-hydroxylation sites is 2. The number of hydrogen-bond acceptors (Lipinski definition) is 5. The summed E-state index contributed by atoms with van der Waals surface area (Å²) >= 11 is 0. The number of nitrogens with one attached hydrogen (secondary N) is 1. The Morgan fingerprint density at radius 3 is 2.60 bits per heavy atom. The van der Waals surface area contributed by atoms with Gasteiger partial charge < -0.3 is 19.7 Å². The molecule has 2 aromatic carbocycles. The van der Waals surface area contributed by atoms with Gasteiger partial charge in [-0.05, 0) is 29.8 Å². The number of benzene rings is 2. The molecule has 152 valence electrons. The molecular weight excluding hydrogens is 384 g/mol. The number of anilines is 1. The molecule has 0 fully saturated rings. The van der Waals surface area contributed by atoms with Gasteiger partial charge in [0.1, 0.15) is 0 Å². The summed E-state index contributed by atoms with van der Waals surface area (Å²) in [4.78, 5) is 25.5. The van der Waals surface area contributed by atoms with E-state index in [1.165, 1.54) is 18.7 Å². The van der Waals surface area contributed by atoms with Crippen molar-refractivity contribution < 1.29 is 9.84 Å². The van der Waals surface area contributed by atoms with E-state index in [0.717, 1.165) is 27.2 Å². The highest BCUT2D eigenvalue weighted by Crippen LogP contribution is 2.41. The Hall–Kier alpha value is -3.94. The summed E-state index contributed by atoms with van der Waals surface area (Å²) < 4.78 is 9.87. The first-order valence-electron chi connectivity index (χ1n) is 9.46. The second kappa shape index (κ2) is 6.28. The number of phenols is 1. The highest BCUT2D eigenvalue weighted by atomic mass is 16.5. The second-order valence-corrected chi connectivity index (χ2v) is 7.38. The molecule has 0 aliphatic carbocycles. The molecule has 30 heavy (non-hydrogen) atoms. The van der Waals surface area contributed by atoms with Gasteiger partial charge in [0.25, 0.3) is 5.56 Å². The molecule has 0 bridgehead atoms. The molecule has 0 spiro atoms. The molecule has 1 aliphatic rings. The number of aryl methyl sites for hydroxylation is 1. The molecule has 5 rings (SSSR count). The lowest BCUT2D eigenvalue weighted by Crippen LogP contribution is -2.37. The predicted molar refractivity (Wildman–Crippen MR) is 114 cm³/mol. The number of methoxy groups -OCH3 is 1. The first kappa shape index (κ1) is 18.1. The van der Waals surface area contributed by atoms with E-state index in [1.54, 1.807) is 31.4 Å². The summed E-state index contributed by atoms with van der Waals surface area (Å²) in [6.07, 6.45) is 1.79. The van der Waals surface area contributed by atoms with Gasteiger partial charge in [-0.25, -0.2) is 4.79 Å². The second-order valence-electron chi connectivity index (χ2n) is 7.38. The number of hydrogen-bond donors (Lipinski definition) is 2. The van der Waals surface area contributed by atoms with Crippen LogP contribution in [0.2, 0.25) is 0 Å². The zero-order valence-corrected chi connectivity index (χ0v) is 16.7. The summed E-state index contributed by atoms with van der Waals surface area (Å²) in [7, 11) is 4.64. The molecule has 1 unspecified atom stereocenters. The van der Waals surface area contributed by atoms with Crippen LogP contribution in [0.15, 0.2) is 58.3 Å². The van der Waals surface area contributed by atoms with Gasteiger partial charge in [0.05, 0.1) is 41.1 Å². The van der Waals surface area contributed by atoms with Crippen LogP contribution in [-0.4, -0.2) is 25.9 Å². The quantitative estimate of drug-likeness (QED) is 0.535. The van der Waals surface area contributed by atoms with Crippen molar-refractivity contribution in [3.63, 3.8) is 0 Å². The van der Waals surface area contributed by atoms with Crippen LogP contribution in [0.25, 0.3) is 16.6 Å². The third-order valence-corrected chi connectivity index (χ3v) is 5.73. The molecule has 4 aromatic rings. The van der Waals surface area contributed by atoms with E-state index >= 15 is 0 Å². The summed E-state index contributed by atoms with van der Waals surface area (Å²) in [6, 6.07) is 12.5. The van der Waals surface area contributed by atoms with Crippen LogP contribution >= 0.6 is 0 Å². The SMILES string of the molecule is COc1cc(C2Nc3ccccc3-n3cc4c(=O)n(C)c(=O)n(C)c4c32)ccc1O. The average Bonchev–Trinajstić information content (AvgIpc) is 3.17. The van der Waals surface area contributed by atoms with Crippen molar-refractivity contribution in [2.75, 3.05) is 12.4 Å². The van der Waals surface area contributed by atoms with Gasteiger partial charge in [0.2, 0.25) is 0 Å². The lowest BCUT2D eigenvalue weighted by atomic mass is 9.99. The summed E-state index contributed by atoms with van der Waals surface area (Å²) in [5.41, 5.74) is 3.23. The lowest BCUT2D eigenvalue weighted by Gasteiger charge is -2.30. The van der Waals surface area contributed by atoms with Crippen molar-refractivity contribution in [3.8, 4) is 17.2 Å². The maximum Gasteiger partial charge on any atom is 0.331 e. The molecule has 2 aromatic heterocycles. The van der Waals surface area contributed by atoms with Crippen molar-refractivity contribution in [2.24, 2.45) is 14.1 Å². The van der Waals surface area contributed by atoms with E-state index in [2.05, 4.69) is 5.32 Å². The van der Waals surface area contributed by atoms with Crippen LogP contribution in [0.3, 0.4) is 0 Å². The number of phenolic OH excluding ortho intramolecular Hbond substituents is 1. The van der Waals surface area contributed by atoms with Gasteiger partial charge >= 0.3 is 5.69 Å². The summed E-state index contributed by atoms with van der Waals surface area (Å²) in [5, 5.41) is 14.0. The molecule has 8 nitrogen and oxygen atoms in total.